The number of carbonyl (C=O) groups is 1. The molecule has 36 heavy (non-hydrogen) atoms. The van der Waals surface area contributed by atoms with Crippen LogP contribution in [0.5, 0.6) is 11.5 Å². The van der Waals surface area contributed by atoms with Crippen LogP contribution in [0.2, 0.25) is 0 Å². The monoisotopic (exact) mass is 628 g/mol. The summed E-state index contributed by atoms with van der Waals surface area (Å²) < 4.78 is 53.3. The molecule has 3 aromatic rings. The molecule has 0 saturated heterocycles. The summed E-state index contributed by atoms with van der Waals surface area (Å²) in [5.74, 6) is 0.0263. The van der Waals surface area contributed by atoms with Crippen molar-refractivity contribution in [2.75, 3.05) is 7.11 Å². The summed E-state index contributed by atoms with van der Waals surface area (Å²) in [5, 5.41) is 9.12. The van der Waals surface area contributed by atoms with Gasteiger partial charge in [-0.1, -0.05) is 26.0 Å². The van der Waals surface area contributed by atoms with Crippen LogP contribution in [0.15, 0.2) is 57.5 Å². The van der Waals surface area contributed by atoms with Gasteiger partial charge in [-0.25, -0.2) is 0 Å². The van der Waals surface area contributed by atoms with E-state index < -0.39 is 23.8 Å². The number of carboxylic acids is 1. The van der Waals surface area contributed by atoms with Gasteiger partial charge in [-0.2, -0.15) is 13.2 Å². The van der Waals surface area contributed by atoms with Crippen molar-refractivity contribution in [3.05, 3.63) is 90.9 Å². The minimum Gasteiger partial charge on any atom is -0.481 e. The Morgan fingerprint density at radius 1 is 1.03 bits per heavy atom. The van der Waals surface area contributed by atoms with Crippen LogP contribution < -0.4 is 4.74 Å². The standard InChI is InChI=1S/C27H25Br2F3O4/c1-14(2)19-13-23(36-26-21(28)9-16(10-22(26)29)11-24(33)34)20(8-15(19)3)25(35-4)17-6-5-7-18(12-17)27(30,31)32/h5-10,12-14,25H,11H2,1-4H3,(H,33,34). The summed E-state index contributed by atoms with van der Waals surface area (Å²) in [6.45, 7) is 6.02. The smallest absolute Gasteiger partial charge is 0.416 e. The minimum absolute atomic E-state index is 0.161. The van der Waals surface area contributed by atoms with Gasteiger partial charge in [-0.05, 0) is 103 Å². The van der Waals surface area contributed by atoms with Gasteiger partial charge in [-0.3, -0.25) is 4.79 Å². The van der Waals surface area contributed by atoms with Crippen molar-refractivity contribution in [2.24, 2.45) is 0 Å². The first kappa shape index (κ1) is 28.2. The van der Waals surface area contributed by atoms with Gasteiger partial charge in [0, 0.05) is 12.7 Å². The summed E-state index contributed by atoms with van der Waals surface area (Å²) in [6.07, 6.45) is -5.48. The van der Waals surface area contributed by atoms with E-state index in [0.29, 0.717) is 37.1 Å². The van der Waals surface area contributed by atoms with Crippen LogP contribution in [0, 0.1) is 6.92 Å². The molecule has 0 saturated carbocycles. The Bertz CT molecular complexity index is 1250. The van der Waals surface area contributed by atoms with Crippen LogP contribution in [-0.4, -0.2) is 18.2 Å². The number of ether oxygens (including phenoxy) is 2. The maximum atomic E-state index is 13.4. The fourth-order valence-corrected chi connectivity index (χ4v) is 5.50. The van der Waals surface area contributed by atoms with Gasteiger partial charge in [0.1, 0.15) is 11.9 Å². The third kappa shape index (κ3) is 6.49. The molecule has 0 amide bonds. The molecule has 1 N–H and O–H groups in total. The van der Waals surface area contributed by atoms with Gasteiger partial charge in [0.25, 0.3) is 0 Å². The molecule has 3 aromatic carbocycles. The average Bonchev–Trinajstić information content (AvgIpc) is 2.77. The van der Waals surface area contributed by atoms with Gasteiger partial charge < -0.3 is 14.6 Å². The molecule has 0 radical (unpaired) electrons. The summed E-state index contributed by atoms with van der Waals surface area (Å²) in [5.41, 5.74) is 2.67. The molecule has 0 spiro atoms. The number of benzene rings is 3. The molecule has 1 atom stereocenters. The quantitative estimate of drug-likeness (QED) is 0.270. The molecule has 1 unspecified atom stereocenters. The first-order valence-electron chi connectivity index (χ1n) is 11.0. The van der Waals surface area contributed by atoms with Crippen molar-refractivity contribution in [1.29, 1.82) is 0 Å². The molecule has 0 aliphatic carbocycles. The van der Waals surface area contributed by atoms with Gasteiger partial charge in [0.05, 0.1) is 20.9 Å². The van der Waals surface area contributed by atoms with Crippen LogP contribution in [0.1, 0.15) is 59.3 Å². The summed E-state index contributed by atoms with van der Waals surface area (Å²) in [7, 11) is 1.44. The third-order valence-electron chi connectivity index (χ3n) is 5.68. The van der Waals surface area contributed by atoms with Gasteiger partial charge in [0.2, 0.25) is 0 Å². The van der Waals surface area contributed by atoms with E-state index >= 15 is 0 Å². The Morgan fingerprint density at radius 2 is 1.67 bits per heavy atom. The topological polar surface area (TPSA) is 55.8 Å². The lowest BCUT2D eigenvalue weighted by molar-refractivity contribution is -0.138. The molecule has 9 heteroatoms. The van der Waals surface area contributed by atoms with Crippen LogP contribution in [-0.2, 0) is 22.1 Å². The highest BCUT2D eigenvalue weighted by Crippen LogP contribution is 2.44. The fourth-order valence-electron chi connectivity index (χ4n) is 4.06. The lowest BCUT2D eigenvalue weighted by Gasteiger charge is -2.24. The molecular weight excluding hydrogens is 605 g/mol. The second-order valence-electron chi connectivity index (χ2n) is 8.70. The summed E-state index contributed by atoms with van der Waals surface area (Å²) in [4.78, 5) is 11.1. The zero-order valence-electron chi connectivity index (χ0n) is 20.0. The largest absolute Gasteiger partial charge is 0.481 e. The number of methoxy groups -OCH3 is 1. The van der Waals surface area contributed by atoms with Gasteiger partial charge in [0.15, 0.2) is 5.75 Å². The van der Waals surface area contributed by atoms with Crippen molar-refractivity contribution < 1.29 is 32.5 Å². The first-order chi connectivity index (χ1) is 16.8. The predicted molar refractivity (Wildman–Crippen MR) is 139 cm³/mol. The van der Waals surface area contributed by atoms with Crippen LogP contribution in [0.4, 0.5) is 13.2 Å². The second kappa shape index (κ2) is 11.4. The van der Waals surface area contributed by atoms with E-state index in [1.54, 1.807) is 18.2 Å². The maximum Gasteiger partial charge on any atom is 0.416 e. The number of aryl methyl sites for hydroxylation is 1. The van der Waals surface area contributed by atoms with Crippen molar-refractivity contribution in [3.8, 4) is 11.5 Å². The number of carboxylic acid groups (broad SMARTS) is 1. The Labute approximate surface area is 224 Å². The lowest BCUT2D eigenvalue weighted by Crippen LogP contribution is -2.10. The lowest BCUT2D eigenvalue weighted by atomic mass is 9.91. The Kier molecular flexibility index (Phi) is 8.90. The number of rotatable bonds is 8. The summed E-state index contributed by atoms with van der Waals surface area (Å²) >= 11 is 6.92. The predicted octanol–water partition coefficient (Wildman–Crippen LogP) is 8.82. The molecule has 4 nitrogen and oxygen atoms in total. The molecule has 0 heterocycles. The maximum absolute atomic E-state index is 13.4. The normalized spacial score (nSPS) is 12.6. The molecular formula is C27H25Br2F3O4. The molecule has 3 rings (SSSR count). The zero-order valence-corrected chi connectivity index (χ0v) is 23.2. The van der Waals surface area contributed by atoms with E-state index in [4.69, 9.17) is 14.6 Å². The minimum atomic E-state index is -4.49. The van der Waals surface area contributed by atoms with E-state index in [0.717, 1.165) is 23.3 Å². The zero-order chi connectivity index (χ0) is 26.8. The molecule has 0 aliphatic rings. The Hall–Kier alpha value is -2.36. The SMILES string of the molecule is COC(c1cccc(C(F)(F)F)c1)c1cc(C)c(C(C)C)cc1Oc1c(Br)cc(CC(=O)O)cc1Br. The van der Waals surface area contributed by atoms with Crippen molar-refractivity contribution >= 4 is 37.8 Å². The average molecular weight is 630 g/mol. The highest BCUT2D eigenvalue weighted by Gasteiger charge is 2.32. The van der Waals surface area contributed by atoms with Crippen LogP contribution >= 0.6 is 31.9 Å². The Balaban J connectivity index is 2.16. The van der Waals surface area contributed by atoms with Crippen molar-refractivity contribution in [3.63, 3.8) is 0 Å². The second-order valence-corrected chi connectivity index (χ2v) is 10.4. The van der Waals surface area contributed by atoms with E-state index in [2.05, 4.69) is 31.9 Å². The first-order valence-corrected chi connectivity index (χ1v) is 12.6. The Morgan fingerprint density at radius 3 is 2.19 bits per heavy atom. The van der Waals surface area contributed by atoms with Crippen LogP contribution in [0.3, 0.4) is 0 Å². The molecule has 192 valence electrons. The van der Waals surface area contributed by atoms with Gasteiger partial charge in [-0.15, -0.1) is 0 Å². The number of aliphatic carboxylic acids is 1. The third-order valence-corrected chi connectivity index (χ3v) is 6.86. The number of alkyl halides is 3. The highest BCUT2D eigenvalue weighted by molar-refractivity contribution is 9.11. The van der Waals surface area contributed by atoms with Crippen molar-refractivity contribution in [1.82, 2.24) is 0 Å². The van der Waals surface area contributed by atoms with Crippen molar-refractivity contribution in [2.45, 2.75) is 45.4 Å². The van der Waals surface area contributed by atoms with E-state index in [-0.39, 0.29) is 12.3 Å². The highest BCUT2D eigenvalue weighted by atomic mass is 79.9. The molecule has 0 fully saturated rings. The summed E-state index contributed by atoms with van der Waals surface area (Å²) in [6, 6.07) is 12.1. The molecule has 0 bridgehead atoms. The molecule has 0 aliphatic heterocycles. The van der Waals surface area contributed by atoms with Gasteiger partial charge >= 0.3 is 12.1 Å². The van der Waals surface area contributed by atoms with E-state index in [1.165, 1.54) is 13.2 Å². The number of hydrogen-bond acceptors (Lipinski definition) is 3. The van der Waals surface area contributed by atoms with E-state index in [9.17, 15) is 18.0 Å². The number of halogens is 5. The van der Waals surface area contributed by atoms with E-state index in [1.807, 2.05) is 32.9 Å². The van der Waals surface area contributed by atoms with Crippen LogP contribution in [0.25, 0.3) is 0 Å². The fraction of sp³-hybridized carbons (Fsp3) is 0.296. The number of hydrogen-bond donors (Lipinski definition) is 1. The molecule has 0 aromatic heterocycles.